The van der Waals surface area contributed by atoms with Crippen molar-refractivity contribution in [2.75, 3.05) is 22.1 Å². The minimum absolute atomic E-state index is 0.0524. The Morgan fingerprint density at radius 1 is 1.06 bits per heavy atom. The van der Waals surface area contributed by atoms with Crippen LogP contribution >= 0.6 is 58.9 Å². The van der Waals surface area contributed by atoms with Crippen LogP contribution in [0, 0.1) is 6.92 Å². The van der Waals surface area contributed by atoms with Gasteiger partial charge in [0.2, 0.25) is 16.9 Å². The van der Waals surface area contributed by atoms with E-state index >= 15 is 0 Å². The molecule has 35 heavy (non-hydrogen) atoms. The Balaban J connectivity index is 1.43. The minimum Gasteiger partial charge on any atom is -0.310 e. The number of hydrogen-bond acceptors (Lipinski definition) is 8. The van der Waals surface area contributed by atoms with E-state index in [1.54, 1.807) is 35.0 Å². The molecule has 2 amide bonds. The number of nitrogens with one attached hydrogen (secondary N) is 2. The number of aromatic nitrogens is 4. The second-order valence-corrected chi connectivity index (χ2v) is 10.3. The number of aryl methyl sites for hydroxylation is 1. The second-order valence-electron chi connectivity index (χ2n) is 7.16. The summed E-state index contributed by atoms with van der Waals surface area (Å²) in [5.74, 6) is 0.194. The first-order valence-corrected chi connectivity index (χ1v) is 13.3. The van der Waals surface area contributed by atoms with Gasteiger partial charge in [0.05, 0.1) is 27.9 Å². The molecule has 2 aromatic heterocycles. The number of benzene rings is 2. The van der Waals surface area contributed by atoms with Crippen LogP contribution in [0.4, 0.5) is 10.9 Å². The van der Waals surface area contributed by atoms with Crippen molar-refractivity contribution in [3.63, 3.8) is 0 Å². The van der Waals surface area contributed by atoms with Gasteiger partial charge in [-0.15, -0.1) is 22.0 Å². The molecule has 0 atom stereocenters. The van der Waals surface area contributed by atoms with E-state index in [-0.39, 0.29) is 23.3 Å². The van der Waals surface area contributed by atoms with Crippen LogP contribution in [0.15, 0.2) is 53.4 Å². The van der Waals surface area contributed by atoms with Crippen molar-refractivity contribution in [2.24, 2.45) is 0 Å². The third-order valence-corrected chi connectivity index (χ3v) is 7.45. The summed E-state index contributed by atoms with van der Waals surface area (Å²) in [4.78, 5) is 25.0. The predicted octanol–water partition coefficient (Wildman–Crippen LogP) is 5.61. The maximum absolute atomic E-state index is 12.5. The summed E-state index contributed by atoms with van der Waals surface area (Å²) in [6.45, 7) is 1.83. The number of thioether (sulfide) groups is 1. The van der Waals surface area contributed by atoms with Crippen LogP contribution in [0.25, 0.3) is 16.3 Å². The van der Waals surface area contributed by atoms with Crippen molar-refractivity contribution in [2.45, 2.75) is 11.8 Å². The van der Waals surface area contributed by atoms with Gasteiger partial charge in [-0.3, -0.25) is 14.9 Å². The summed E-state index contributed by atoms with van der Waals surface area (Å²) >= 11 is 18.8. The van der Waals surface area contributed by atoms with E-state index in [9.17, 15) is 9.59 Å². The van der Waals surface area contributed by atoms with E-state index in [4.69, 9.17) is 23.2 Å². The van der Waals surface area contributed by atoms with Crippen LogP contribution in [0.2, 0.25) is 10.0 Å². The molecule has 0 aliphatic heterocycles. The lowest BCUT2D eigenvalue weighted by molar-refractivity contribution is -0.114. The highest BCUT2D eigenvalue weighted by atomic mass is 35.5. The van der Waals surface area contributed by atoms with Gasteiger partial charge in [0.1, 0.15) is 10.8 Å². The van der Waals surface area contributed by atoms with Gasteiger partial charge >= 0.3 is 0 Å². The van der Waals surface area contributed by atoms with Crippen LogP contribution in [0.1, 0.15) is 5.69 Å². The third-order valence-electron chi connectivity index (χ3n) is 4.52. The van der Waals surface area contributed by atoms with Crippen molar-refractivity contribution >= 4 is 81.7 Å². The standard InChI is InChI=1S/C22H18Cl2N6O2S3/c1-12-8-18(25-19(31)10-33)30(29-12)15-6-7-16(24)17(9-15)34-11-20(32)26-22-28-27-21(35-22)13-2-4-14(23)5-3-13/h2-9,33H,10-11H2,1H3,(H,25,31)(H,26,28,32). The molecule has 0 aliphatic rings. The molecule has 0 saturated heterocycles. The zero-order valence-corrected chi connectivity index (χ0v) is 22.2. The Bertz CT molecular complexity index is 1370. The SMILES string of the molecule is Cc1cc(NC(=O)CS)n(-c2ccc(Cl)c(SCC(=O)Nc3nnc(-c4ccc(Cl)cc4)s3)c2)n1. The second kappa shape index (κ2) is 11.4. The molecule has 4 rings (SSSR count). The third kappa shape index (κ3) is 6.56. The van der Waals surface area contributed by atoms with Crippen molar-refractivity contribution < 1.29 is 9.59 Å². The van der Waals surface area contributed by atoms with Crippen molar-refractivity contribution in [1.82, 2.24) is 20.0 Å². The first-order valence-electron chi connectivity index (χ1n) is 10.1. The fourth-order valence-electron chi connectivity index (χ4n) is 2.98. The Morgan fingerprint density at radius 2 is 1.83 bits per heavy atom. The molecule has 8 nitrogen and oxygen atoms in total. The summed E-state index contributed by atoms with van der Waals surface area (Å²) in [6.07, 6.45) is 0. The van der Waals surface area contributed by atoms with Crippen LogP contribution < -0.4 is 10.6 Å². The highest BCUT2D eigenvalue weighted by molar-refractivity contribution is 8.00. The van der Waals surface area contributed by atoms with Gasteiger partial charge in [0, 0.05) is 21.5 Å². The van der Waals surface area contributed by atoms with Gasteiger partial charge in [0.25, 0.3) is 0 Å². The highest BCUT2D eigenvalue weighted by Crippen LogP contribution is 2.31. The van der Waals surface area contributed by atoms with Crippen LogP contribution in [0.3, 0.4) is 0 Å². The highest BCUT2D eigenvalue weighted by Gasteiger charge is 2.14. The average molecular weight is 566 g/mol. The summed E-state index contributed by atoms with van der Waals surface area (Å²) in [6, 6.07) is 14.3. The molecule has 0 aliphatic carbocycles. The van der Waals surface area contributed by atoms with Crippen molar-refractivity contribution in [3.8, 4) is 16.3 Å². The quantitative estimate of drug-likeness (QED) is 0.190. The fraction of sp³-hybridized carbons (Fsp3) is 0.136. The van der Waals surface area contributed by atoms with E-state index in [0.717, 1.165) is 11.3 Å². The number of nitrogens with zero attached hydrogens (tertiary/aromatic N) is 4. The summed E-state index contributed by atoms with van der Waals surface area (Å²) < 4.78 is 1.61. The summed E-state index contributed by atoms with van der Waals surface area (Å²) in [5, 5.41) is 20.3. The summed E-state index contributed by atoms with van der Waals surface area (Å²) in [5.41, 5.74) is 2.29. The number of halogens is 2. The molecule has 2 heterocycles. The molecule has 4 aromatic rings. The summed E-state index contributed by atoms with van der Waals surface area (Å²) in [7, 11) is 0. The van der Waals surface area contributed by atoms with Gasteiger partial charge in [-0.2, -0.15) is 17.7 Å². The molecule has 2 aromatic carbocycles. The minimum atomic E-state index is -0.245. The van der Waals surface area contributed by atoms with E-state index in [2.05, 4.69) is 38.6 Å². The number of hydrogen-bond donors (Lipinski definition) is 3. The van der Waals surface area contributed by atoms with Gasteiger partial charge in [-0.25, -0.2) is 4.68 Å². The molecule has 0 spiro atoms. The van der Waals surface area contributed by atoms with Gasteiger partial charge in [-0.1, -0.05) is 46.7 Å². The molecule has 0 unspecified atom stereocenters. The Morgan fingerprint density at radius 3 is 2.57 bits per heavy atom. The molecule has 0 bridgehead atoms. The Kier molecular flexibility index (Phi) is 8.34. The van der Waals surface area contributed by atoms with Gasteiger partial charge in [-0.05, 0) is 37.3 Å². The first-order chi connectivity index (χ1) is 16.8. The molecule has 13 heteroatoms. The monoisotopic (exact) mass is 564 g/mol. The van der Waals surface area contributed by atoms with Gasteiger partial charge < -0.3 is 5.32 Å². The van der Waals surface area contributed by atoms with E-state index < -0.39 is 0 Å². The zero-order chi connectivity index (χ0) is 24.9. The van der Waals surface area contributed by atoms with Crippen LogP contribution in [0.5, 0.6) is 0 Å². The number of carbonyl (C=O) groups is 2. The van der Waals surface area contributed by atoms with E-state index in [1.165, 1.54) is 23.1 Å². The molecule has 0 fully saturated rings. The van der Waals surface area contributed by atoms with Crippen LogP contribution in [-0.4, -0.2) is 43.3 Å². The zero-order valence-electron chi connectivity index (χ0n) is 18.2. The van der Waals surface area contributed by atoms with Gasteiger partial charge in [0.15, 0.2) is 0 Å². The van der Waals surface area contributed by atoms with Crippen molar-refractivity contribution in [3.05, 3.63) is 64.3 Å². The smallest absolute Gasteiger partial charge is 0.236 e. The number of thiol groups is 1. The van der Waals surface area contributed by atoms with E-state index in [1.807, 2.05) is 25.1 Å². The Hall–Kier alpha value is -2.57. The molecule has 0 radical (unpaired) electrons. The number of amides is 2. The Labute approximate surface area is 224 Å². The maximum Gasteiger partial charge on any atom is 0.236 e. The predicted molar refractivity (Wildman–Crippen MR) is 146 cm³/mol. The topological polar surface area (TPSA) is 102 Å². The number of anilines is 2. The van der Waals surface area contributed by atoms with E-state index in [0.29, 0.717) is 36.6 Å². The van der Waals surface area contributed by atoms with Crippen LogP contribution in [-0.2, 0) is 9.59 Å². The average Bonchev–Trinajstić information content (AvgIpc) is 3.45. The molecule has 0 saturated carbocycles. The maximum atomic E-state index is 12.5. The lowest BCUT2D eigenvalue weighted by Crippen LogP contribution is -2.16. The molecular weight excluding hydrogens is 547 g/mol. The number of carbonyl (C=O) groups excluding carboxylic acids is 2. The normalized spacial score (nSPS) is 10.9. The first kappa shape index (κ1) is 25.5. The molecule has 2 N–H and O–H groups in total. The fourth-order valence-corrected chi connectivity index (χ4v) is 5.00. The lowest BCUT2D eigenvalue weighted by Gasteiger charge is -2.11. The van der Waals surface area contributed by atoms with Crippen molar-refractivity contribution in [1.29, 1.82) is 0 Å². The lowest BCUT2D eigenvalue weighted by atomic mass is 10.2. The number of rotatable bonds is 8. The largest absolute Gasteiger partial charge is 0.310 e. The molecular formula is C22H18Cl2N6O2S3. The molecule has 180 valence electrons.